The molecule has 0 spiro atoms. The number of rotatable bonds is 1. The van der Waals surface area contributed by atoms with Crippen molar-refractivity contribution in [3.63, 3.8) is 0 Å². The minimum Gasteiger partial charge on any atom is -0.338 e. The van der Waals surface area contributed by atoms with Crippen LogP contribution in [-0.2, 0) is 0 Å². The molecule has 5 heteroatoms. The predicted molar refractivity (Wildman–Crippen MR) is 17.7 cm³/mol. The second-order valence-corrected chi connectivity index (χ2v) is 1.31. The molecular formula is H5N3OP+. The van der Waals surface area contributed by atoms with E-state index in [0.717, 1.165) is 0 Å². The second kappa shape index (κ2) is 2.20. The summed E-state index contributed by atoms with van der Waals surface area (Å²) in [6, 6.07) is 0. The lowest BCUT2D eigenvalue weighted by Crippen LogP contribution is -2.22. The van der Waals surface area contributed by atoms with Crippen LogP contribution in [0, 0.1) is 0 Å². The van der Waals surface area contributed by atoms with Gasteiger partial charge in [0.15, 0.2) is 0 Å². The molecule has 0 heterocycles. The first-order chi connectivity index (χ1) is 2.27. The highest BCUT2D eigenvalue weighted by Crippen LogP contribution is 2.14. The van der Waals surface area contributed by atoms with Crippen LogP contribution in [0.2, 0.25) is 0 Å². The fourth-order valence-corrected chi connectivity index (χ4v) is 0. The van der Waals surface area contributed by atoms with Crippen LogP contribution in [0.15, 0.2) is 4.88 Å². The lowest BCUT2D eigenvalue weighted by molar-refractivity contribution is -0.203. The molecular weight excluding hydrogens is 89.0 g/mol. The Morgan fingerprint density at radius 2 is 2.20 bits per heavy atom. The Balaban J connectivity index is 2.83. The monoisotopic (exact) mass is 94.0 g/mol. The topological polar surface area (TPSA) is 84.2 Å². The molecule has 0 rings (SSSR count). The first kappa shape index (κ1) is 4.95. The Labute approximate surface area is 30.4 Å². The fraction of sp³-hybridized carbons (Fsp3) is 0. The van der Waals surface area contributed by atoms with Gasteiger partial charge in [0.05, 0.1) is 0 Å². The van der Waals surface area contributed by atoms with Crippen LogP contribution in [0.5, 0.6) is 0 Å². The minimum absolute atomic E-state index is 1.70. The maximum absolute atomic E-state index is 7.91. The van der Waals surface area contributed by atoms with Crippen LogP contribution in [0.4, 0.5) is 0 Å². The number of nitrogens with zero attached hydrogens (tertiary/aromatic N) is 1. The summed E-state index contributed by atoms with van der Waals surface area (Å²) in [4.78, 5) is 10.7. The highest BCUT2D eigenvalue weighted by Gasteiger charge is 1.86. The Morgan fingerprint density at radius 1 is 2.00 bits per heavy atom. The van der Waals surface area contributed by atoms with Gasteiger partial charge in [-0.15, -0.1) is 0 Å². The van der Waals surface area contributed by atoms with Gasteiger partial charge in [0, 0.05) is 4.88 Å². The fourth-order valence-electron chi connectivity index (χ4n) is 0. The summed E-state index contributed by atoms with van der Waals surface area (Å²) >= 11 is 0. The molecule has 5 N–H and O–H groups in total. The van der Waals surface area contributed by atoms with Gasteiger partial charge in [0.25, 0.3) is 8.45 Å². The predicted octanol–water partition coefficient (Wildman–Crippen LogP) is -1.62. The molecule has 5 heavy (non-hydrogen) atoms. The van der Waals surface area contributed by atoms with E-state index in [4.69, 9.17) is 4.89 Å². The van der Waals surface area contributed by atoms with Crippen molar-refractivity contribution in [2.45, 2.75) is 0 Å². The summed E-state index contributed by atoms with van der Waals surface area (Å²) in [5.41, 5.74) is 9.07. The molecule has 0 saturated heterocycles. The quantitative estimate of drug-likeness (QED) is 0.269. The normalized spacial score (nSPS) is 14.0. The van der Waals surface area contributed by atoms with E-state index in [1.54, 1.807) is 0 Å². The zero-order valence-electron chi connectivity index (χ0n) is 2.50. The maximum Gasteiger partial charge on any atom is 0.300 e. The third-order valence-corrected chi connectivity index (χ3v) is 0.355. The van der Waals surface area contributed by atoms with E-state index in [2.05, 4.69) is 15.9 Å². The maximum atomic E-state index is 7.91. The van der Waals surface area contributed by atoms with Gasteiger partial charge in [0.2, 0.25) is 0 Å². The Hall–Kier alpha value is -0.0500. The number of hydrogen-bond donors (Lipinski definition) is 3. The molecule has 1 unspecified atom stereocenters. The average Bonchev–Trinajstić information content (AvgIpc) is 1.38. The van der Waals surface area contributed by atoms with E-state index < -0.39 is 8.45 Å². The highest BCUT2D eigenvalue weighted by atomic mass is 31.2. The lowest BCUT2D eigenvalue weighted by atomic mass is 13.3. The standard InChI is InChI=1S/H4N3OP/c1-3-5(2)4/h1,4H,2H2/p+1. The largest absolute Gasteiger partial charge is 0.338 e. The zero-order valence-corrected chi connectivity index (χ0v) is 3.39. The summed E-state index contributed by atoms with van der Waals surface area (Å²) in [7, 11) is -1.70. The zero-order chi connectivity index (χ0) is 4.28. The van der Waals surface area contributed by atoms with Crippen LogP contribution < -0.4 is 11.0 Å². The first-order valence-corrected chi connectivity index (χ1v) is 2.23. The second-order valence-electron chi connectivity index (χ2n) is 0.436. The molecule has 4 nitrogen and oxygen atoms in total. The van der Waals surface area contributed by atoms with E-state index >= 15 is 0 Å². The molecule has 0 aliphatic rings. The van der Waals surface area contributed by atoms with Gasteiger partial charge in [-0.25, -0.2) is 0 Å². The van der Waals surface area contributed by atoms with Gasteiger partial charge in [0.1, 0.15) is 0 Å². The summed E-state index contributed by atoms with van der Waals surface area (Å²) in [5.74, 6) is 0. The molecule has 0 aliphatic heterocycles. The minimum atomic E-state index is -1.70. The Bertz CT molecular complexity index is 33.9. The number of nitrogens with two attached hydrogens (primary N) is 2. The van der Waals surface area contributed by atoms with E-state index in [-0.39, 0.29) is 0 Å². The van der Waals surface area contributed by atoms with Crippen molar-refractivity contribution in [1.82, 2.24) is 0 Å². The summed E-state index contributed by atoms with van der Waals surface area (Å²) < 4.78 is 0. The van der Waals surface area contributed by atoms with Crippen LogP contribution in [0.1, 0.15) is 0 Å². The van der Waals surface area contributed by atoms with E-state index in [1.807, 2.05) is 0 Å². The lowest BCUT2D eigenvalue weighted by Gasteiger charge is -1.76. The summed E-state index contributed by atoms with van der Waals surface area (Å²) in [5, 5.41) is 0. The van der Waals surface area contributed by atoms with Gasteiger partial charge >= 0.3 is 0 Å². The summed E-state index contributed by atoms with van der Waals surface area (Å²) in [6.07, 6.45) is 0. The molecule has 1 atom stereocenters. The van der Waals surface area contributed by atoms with Crippen LogP contribution in [-0.4, -0.2) is 4.89 Å². The van der Waals surface area contributed by atoms with Crippen molar-refractivity contribution in [1.29, 1.82) is 0 Å². The van der Waals surface area contributed by atoms with Gasteiger partial charge in [-0.2, -0.15) is 5.53 Å². The van der Waals surface area contributed by atoms with Gasteiger partial charge in [-0.05, 0) is 0 Å². The van der Waals surface area contributed by atoms with Crippen molar-refractivity contribution in [2.24, 2.45) is 10.4 Å². The van der Waals surface area contributed by atoms with Crippen LogP contribution >= 0.6 is 8.45 Å². The van der Waals surface area contributed by atoms with Crippen molar-refractivity contribution in [3.8, 4) is 0 Å². The third kappa shape index (κ3) is 3.95. The van der Waals surface area contributed by atoms with Crippen molar-refractivity contribution in [3.05, 3.63) is 0 Å². The molecule has 0 aromatic carbocycles. The van der Waals surface area contributed by atoms with Crippen molar-refractivity contribution < 1.29 is 10.4 Å². The molecule has 0 amide bonds. The number of hydrogen-bond acceptors (Lipinski definition) is 3. The Kier molecular flexibility index (Phi) is 2.18. The molecule has 0 radical (unpaired) electrons. The molecule has 0 aliphatic carbocycles. The Morgan fingerprint density at radius 3 is 2.20 bits per heavy atom. The SMILES string of the molecule is NP(O)N=[NH2+]. The average molecular weight is 94.0 g/mol. The van der Waals surface area contributed by atoms with Crippen LogP contribution in [0.25, 0.3) is 0 Å². The first-order valence-electron chi connectivity index (χ1n) is 0.916. The molecule has 30 valence electrons. The smallest absolute Gasteiger partial charge is 0.300 e. The van der Waals surface area contributed by atoms with Crippen molar-refractivity contribution in [2.75, 3.05) is 0 Å². The summed E-state index contributed by atoms with van der Waals surface area (Å²) in [6.45, 7) is 0. The molecule has 0 aromatic rings. The molecule has 0 fully saturated rings. The van der Waals surface area contributed by atoms with Crippen LogP contribution in [0.3, 0.4) is 0 Å². The molecule has 0 bridgehead atoms. The van der Waals surface area contributed by atoms with E-state index in [1.165, 1.54) is 0 Å². The van der Waals surface area contributed by atoms with Gasteiger partial charge < -0.3 is 4.89 Å². The third-order valence-electron chi connectivity index (χ3n) is 0.118. The van der Waals surface area contributed by atoms with E-state index in [0.29, 0.717) is 0 Å². The van der Waals surface area contributed by atoms with Gasteiger partial charge in [-0.3, -0.25) is 5.50 Å². The van der Waals surface area contributed by atoms with Gasteiger partial charge in [-0.1, -0.05) is 0 Å². The van der Waals surface area contributed by atoms with E-state index in [9.17, 15) is 0 Å². The van der Waals surface area contributed by atoms with Crippen molar-refractivity contribution >= 4 is 8.45 Å². The molecule has 0 saturated carbocycles. The molecule has 0 aromatic heterocycles. The highest BCUT2D eigenvalue weighted by molar-refractivity contribution is 7.46.